The second kappa shape index (κ2) is 11.0. The number of hydrogen-bond donors (Lipinski definition) is 1. The third kappa shape index (κ3) is 5.58. The predicted octanol–water partition coefficient (Wildman–Crippen LogP) is 6.04. The maximum Gasteiger partial charge on any atom is 0.261 e. The molecule has 0 aliphatic heterocycles. The molecular formula is C25H35ClN2O3. The maximum absolute atomic E-state index is 13.4. The summed E-state index contributed by atoms with van der Waals surface area (Å²) in [5, 5.41) is 3.15. The number of nitrogens with one attached hydrogen (secondary N) is 1. The van der Waals surface area contributed by atoms with Crippen molar-refractivity contribution in [2.24, 2.45) is 0 Å². The lowest BCUT2D eigenvalue weighted by atomic mass is 9.92. The number of ether oxygens (including phenoxy) is 1. The van der Waals surface area contributed by atoms with Crippen LogP contribution in [-0.4, -0.2) is 23.7 Å². The molecule has 0 fully saturated rings. The summed E-state index contributed by atoms with van der Waals surface area (Å²) in [6.07, 6.45) is 0.767. The van der Waals surface area contributed by atoms with Crippen LogP contribution in [0, 0.1) is 13.8 Å². The number of carbonyl (C=O) groups is 1. The van der Waals surface area contributed by atoms with Gasteiger partial charge in [0.25, 0.3) is 5.91 Å². The normalized spacial score (nSPS) is 11.4. The van der Waals surface area contributed by atoms with Gasteiger partial charge in [0.1, 0.15) is 10.6 Å². The van der Waals surface area contributed by atoms with Crippen LogP contribution in [0.3, 0.4) is 0 Å². The minimum absolute atomic E-state index is 0.0911. The average molecular weight is 447 g/mol. The van der Waals surface area contributed by atoms with Crippen LogP contribution in [0.5, 0.6) is 0 Å². The number of anilines is 1. The summed E-state index contributed by atoms with van der Waals surface area (Å²) in [6, 6.07) is 6.06. The first-order chi connectivity index (χ1) is 14.6. The Kier molecular flexibility index (Phi) is 8.90. The van der Waals surface area contributed by atoms with Crippen LogP contribution in [0.15, 0.2) is 23.0 Å². The molecule has 5 nitrogen and oxygen atoms in total. The average Bonchev–Trinajstić information content (AvgIpc) is 2.71. The van der Waals surface area contributed by atoms with E-state index in [4.69, 9.17) is 16.3 Å². The summed E-state index contributed by atoms with van der Waals surface area (Å²) < 4.78 is 7.37. The van der Waals surface area contributed by atoms with Crippen LogP contribution in [0.4, 0.5) is 5.69 Å². The van der Waals surface area contributed by atoms with Crippen LogP contribution in [0.25, 0.3) is 0 Å². The molecule has 6 heteroatoms. The Balaban J connectivity index is 2.52. The SMILES string of the molecule is CCOCCCn1c(C)c(Cl)c(=O)c(C(=O)Nc2c(C(C)C)cccc2C(C)C)c1C. The molecule has 0 unspecified atom stereocenters. The lowest BCUT2D eigenvalue weighted by Gasteiger charge is -2.22. The van der Waals surface area contributed by atoms with Crippen molar-refractivity contribution in [3.63, 3.8) is 0 Å². The van der Waals surface area contributed by atoms with Crippen molar-refractivity contribution in [2.45, 2.75) is 73.3 Å². The van der Waals surface area contributed by atoms with Crippen LogP contribution in [0.2, 0.25) is 5.02 Å². The minimum atomic E-state index is -0.427. The molecule has 2 aromatic rings. The van der Waals surface area contributed by atoms with Gasteiger partial charge in [-0.1, -0.05) is 57.5 Å². The van der Waals surface area contributed by atoms with Crippen molar-refractivity contribution in [2.75, 3.05) is 18.5 Å². The van der Waals surface area contributed by atoms with Gasteiger partial charge in [0.15, 0.2) is 0 Å². The van der Waals surface area contributed by atoms with E-state index < -0.39 is 11.3 Å². The molecule has 0 saturated heterocycles. The third-order valence-electron chi connectivity index (χ3n) is 5.63. The fourth-order valence-corrected chi connectivity index (χ4v) is 4.08. The number of aromatic nitrogens is 1. The summed E-state index contributed by atoms with van der Waals surface area (Å²) >= 11 is 6.37. The van der Waals surface area contributed by atoms with Crippen molar-refractivity contribution < 1.29 is 9.53 Å². The quantitative estimate of drug-likeness (QED) is 0.477. The maximum atomic E-state index is 13.4. The Bertz CT molecular complexity index is 967. The smallest absolute Gasteiger partial charge is 0.261 e. The van der Waals surface area contributed by atoms with Gasteiger partial charge in [-0.3, -0.25) is 9.59 Å². The number of pyridine rings is 1. The highest BCUT2D eigenvalue weighted by molar-refractivity contribution is 6.31. The number of amides is 1. The highest BCUT2D eigenvalue weighted by Crippen LogP contribution is 2.33. The van der Waals surface area contributed by atoms with E-state index >= 15 is 0 Å². The number of rotatable bonds is 9. The number of carbonyl (C=O) groups excluding carboxylic acids is 1. The Hall–Kier alpha value is -2.11. The Morgan fingerprint density at radius 3 is 2.19 bits per heavy atom. The third-order valence-corrected chi connectivity index (χ3v) is 6.07. The van der Waals surface area contributed by atoms with Crippen molar-refractivity contribution in [1.82, 2.24) is 4.57 Å². The van der Waals surface area contributed by atoms with Gasteiger partial charge in [-0.15, -0.1) is 0 Å². The first kappa shape index (κ1) is 25.2. The molecule has 1 aromatic carbocycles. The molecule has 0 aliphatic rings. The fourth-order valence-electron chi connectivity index (χ4n) is 3.89. The zero-order valence-electron chi connectivity index (χ0n) is 19.8. The Morgan fingerprint density at radius 1 is 1.10 bits per heavy atom. The minimum Gasteiger partial charge on any atom is -0.382 e. The van der Waals surface area contributed by atoms with Crippen molar-refractivity contribution >= 4 is 23.2 Å². The molecule has 0 spiro atoms. The fraction of sp³-hybridized carbons (Fsp3) is 0.520. The number of hydrogen-bond acceptors (Lipinski definition) is 3. The van der Waals surface area contributed by atoms with E-state index in [1.165, 1.54) is 0 Å². The van der Waals surface area contributed by atoms with Crippen molar-refractivity contribution in [3.8, 4) is 0 Å². The first-order valence-electron chi connectivity index (χ1n) is 11.0. The lowest BCUT2D eigenvalue weighted by molar-refractivity contribution is 0.102. The van der Waals surface area contributed by atoms with Gasteiger partial charge in [-0.2, -0.15) is 0 Å². The van der Waals surface area contributed by atoms with Crippen LogP contribution >= 0.6 is 11.6 Å². The molecule has 0 atom stereocenters. The first-order valence-corrected chi connectivity index (χ1v) is 11.4. The topological polar surface area (TPSA) is 60.3 Å². The molecule has 1 N–H and O–H groups in total. The summed E-state index contributed by atoms with van der Waals surface area (Å²) in [5.41, 5.74) is 3.84. The van der Waals surface area contributed by atoms with Gasteiger partial charge in [0.05, 0.1) is 0 Å². The van der Waals surface area contributed by atoms with Crippen molar-refractivity contribution in [3.05, 3.63) is 61.5 Å². The number of para-hydroxylation sites is 1. The Labute approximate surface area is 190 Å². The monoisotopic (exact) mass is 446 g/mol. The van der Waals surface area contributed by atoms with E-state index in [-0.39, 0.29) is 22.4 Å². The molecule has 0 aliphatic carbocycles. The summed E-state index contributed by atoms with van der Waals surface area (Å²) in [6.45, 7) is 15.8. The van der Waals surface area contributed by atoms with Gasteiger partial charge >= 0.3 is 0 Å². The molecule has 1 aromatic heterocycles. The van der Waals surface area contributed by atoms with E-state index in [9.17, 15) is 9.59 Å². The van der Waals surface area contributed by atoms with Crippen molar-refractivity contribution in [1.29, 1.82) is 0 Å². The number of benzene rings is 1. The highest BCUT2D eigenvalue weighted by atomic mass is 35.5. The van der Waals surface area contributed by atoms with E-state index in [1.54, 1.807) is 6.92 Å². The Morgan fingerprint density at radius 2 is 1.68 bits per heavy atom. The molecule has 0 saturated carbocycles. The molecule has 2 rings (SSSR count). The van der Waals surface area contributed by atoms with Gasteiger partial charge in [-0.25, -0.2) is 0 Å². The second-order valence-corrected chi connectivity index (χ2v) is 8.84. The molecule has 170 valence electrons. The highest BCUT2D eigenvalue weighted by Gasteiger charge is 2.23. The standard InChI is InChI=1S/C25H35ClN2O3/c1-8-31-14-10-13-28-17(6)21(24(29)22(26)18(28)7)25(30)27-23-19(15(2)3)11-9-12-20(23)16(4)5/h9,11-12,15-16H,8,10,13-14H2,1-7H3,(H,27,30). The summed E-state index contributed by atoms with van der Waals surface area (Å²) in [7, 11) is 0. The zero-order chi connectivity index (χ0) is 23.3. The molecule has 1 amide bonds. The van der Waals surface area contributed by atoms with Gasteiger partial charge in [0, 0.05) is 36.8 Å². The molecule has 31 heavy (non-hydrogen) atoms. The van der Waals surface area contributed by atoms with Crippen LogP contribution < -0.4 is 10.7 Å². The number of nitrogens with zero attached hydrogens (tertiary/aromatic N) is 1. The molecule has 0 bridgehead atoms. The lowest BCUT2D eigenvalue weighted by Crippen LogP contribution is -2.29. The zero-order valence-corrected chi connectivity index (χ0v) is 20.5. The summed E-state index contributed by atoms with van der Waals surface area (Å²) in [4.78, 5) is 26.4. The molecular weight excluding hydrogens is 412 g/mol. The van der Waals surface area contributed by atoms with E-state index in [0.717, 1.165) is 23.2 Å². The van der Waals surface area contributed by atoms with Gasteiger partial charge in [0.2, 0.25) is 5.43 Å². The van der Waals surface area contributed by atoms with Crippen LogP contribution in [0.1, 0.15) is 85.7 Å². The molecule has 0 radical (unpaired) electrons. The van der Waals surface area contributed by atoms with Gasteiger partial charge in [-0.05, 0) is 50.2 Å². The van der Waals surface area contributed by atoms with E-state index in [2.05, 4.69) is 33.0 Å². The van der Waals surface area contributed by atoms with E-state index in [0.29, 0.717) is 31.1 Å². The predicted molar refractivity (Wildman–Crippen MR) is 129 cm³/mol. The second-order valence-electron chi connectivity index (χ2n) is 8.47. The van der Waals surface area contributed by atoms with E-state index in [1.807, 2.05) is 36.6 Å². The van der Waals surface area contributed by atoms with Gasteiger partial charge < -0.3 is 14.6 Å². The van der Waals surface area contributed by atoms with Crippen LogP contribution in [-0.2, 0) is 11.3 Å². The molecule has 1 heterocycles. The number of halogens is 1. The largest absolute Gasteiger partial charge is 0.382 e. The summed E-state index contributed by atoms with van der Waals surface area (Å²) in [5.74, 6) is 0.0387.